The van der Waals surface area contributed by atoms with E-state index >= 15 is 0 Å². The number of aryl methyl sites for hydroxylation is 3. The summed E-state index contributed by atoms with van der Waals surface area (Å²) >= 11 is 0. The van der Waals surface area contributed by atoms with Gasteiger partial charge in [0.15, 0.2) is 0 Å². The van der Waals surface area contributed by atoms with E-state index in [0.717, 1.165) is 67.5 Å². The van der Waals surface area contributed by atoms with Gasteiger partial charge in [-0.3, -0.25) is 14.7 Å². The molecule has 1 N–H and O–H groups in total. The third-order valence-electron chi connectivity index (χ3n) is 5.96. The minimum Gasteiger partial charge on any atom is -0.341 e. The molecule has 7 nitrogen and oxygen atoms in total. The maximum absolute atomic E-state index is 12.8. The summed E-state index contributed by atoms with van der Waals surface area (Å²) in [7, 11) is 0. The van der Waals surface area contributed by atoms with Crippen LogP contribution in [0.5, 0.6) is 0 Å². The summed E-state index contributed by atoms with van der Waals surface area (Å²) in [4.78, 5) is 30.9. The molecule has 0 aromatic carbocycles. The molecule has 1 atom stereocenters. The van der Waals surface area contributed by atoms with Crippen molar-refractivity contribution in [1.29, 1.82) is 0 Å². The van der Waals surface area contributed by atoms with Crippen molar-refractivity contribution in [3.05, 3.63) is 41.0 Å². The van der Waals surface area contributed by atoms with Gasteiger partial charge in [0, 0.05) is 47.5 Å². The van der Waals surface area contributed by atoms with Gasteiger partial charge >= 0.3 is 0 Å². The second-order valence-electron chi connectivity index (χ2n) is 8.68. The van der Waals surface area contributed by atoms with E-state index in [2.05, 4.69) is 26.3 Å². The molecule has 0 unspecified atom stereocenters. The van der Waals surface area contributed by atoms with Gasteiger partial charge in [0.05, 0.1) is 6.54 Å². The van der Waals surface area contributed by atoms with E-state index in [9.17, 15) is 4.79 Å². The second kappa shape index (κ2) is 9.08. The van der Waals surface area contributed by atoms with Crippen molar-refractivity contribution in [3.63, 3.8) is 0 Å². The zero-order valence-corrected chi connectivity index (χ0v) is 18.3. The number of hydrogen-bond donors (Lipinski definition) is 1. The van der Waals surface area contributed by atoms with Crippen LogP contribution in [-0.2, 0) is 4.79 Å². The summed E-state index contributed by atoms with van der Waals surface area (Å²) in [6, 6.07) is 6.07. The standard InChI is InChI=1S/C23H32N6O/c1-16-11-17(2)26-23(25-16)27-20-12-18(3)24-21(13-20)19-7-6-10-29(14-19)22(30)15-28-8-4-5-9-28/h11-13,19H,4-10,14-15H2,1-3H3,(H,24,25,26,27)/t19-/m0/s1. The van der Waals surface area contributed by atoms with E-state index in [0.29, 0.717) is 12.5 Å². The quantitative estimate of drug-likeness (QED) is 0.818. The molecule has 2 aromatic heterocycles. The molecule has 0 radical (unpaired) electrons. The number of carbonyl (C=O) groups excluding carboxylic acids is 1. The van der Waals surface area contributed by atoms with Crippen LogP contribution in [0.2, 0.25) is 0 Å². The molecule has 0 bridgehead atoms. The molecular formula is C23H32N6O. The molecule has 1 amide bonds. The number of aromatic nitrogens is 3. The fourth-order valence-electron chi connectivity index (χ4n) is 4.56. The van der Waals surface area contributed by atoms with Crippen molar-refractivity contribution in [2.75, 3.05) is 38.0 Å². The Kier molecular flexibility index (Phi) is 6.27. The van der Waals surface area contributed by atoms with Gasteiger partial charge in [0.1, 0.15) is 0 Å². The molecule has 2 aliphatic heterocycles. The molecule has 2 aliphatic rings. The van der Waals surface area contributed by atoms with Crippen LogP contribution in [0.4, 0.5) is 11.6 Å². The predicted octanol–water partition coefficient (Wildman–Crippen LogP) is 3.34. The number of nitrogens with one attached hydrogen (secondary N) is 1. The highest BCUT2D eigenvalue weighted by atomic mass is 16.2. The number of rotatable bonds is 5. The molecule has 0 aliphatic carbocycles. The normalized spacial score (nSPS) is 19.8. The van der Waals surface area contributed by atoms with Crippen LogP contribution in [0.15, 0.2) is 18.2 Å². The van der Waals surface area contributed by atoms with Gasteiger partial charge in [0.25, 0.3) is 0 Å². The molecular weight excluding hydrogens is 376 g/mol. The Morgan fingerprint density at radius 2 is 1.67 bits per heavy atom. The molecule has 4 heterocycles. The summed E-state index contributed by atoms with van der Waals surface area (Å²) in [5, 5.41) is 3.34. The number of amides is 1. The first-order chi connectivity index (χ1) is 14.5. The zero-order valence-electron chi connectivity index (χ0n) is 18.3. The summed E-state index contributed by atoms with van der Waals surface area (Å²) in [6.07, 6.45) is 4.50. The third-order valence-corrected chi connectivity index (χ3v) is 5.96. The van der Waals surface area contributed by atoms with Crippen molar-refractivity contribution < 1.29 is 4.79 Å². The SMILES string of the molecule is Cc1cc(Nc2nc(C)cc(C)n2)cc([C@H]2CCCN(C(=O)CN3CCCC3)C2)n1. The Balaban J connectivity index is 1.46. The summed E-state index contributed by atoms with van der Waals surface area (Å²) in [5.74, 6) is 1.13. The van der Waals surface area contributed by atoms with Crippen LogP contribution in [0.25, 0.3) is 0 Å². The minimum atomic E-state index is 0.260. The Hall–Kier alpha value is -2.54. The molecule has 2 aromatic rings. The van der Waals surface area contributed by atoms with Gasteiger partial charge < -0.3 is 10.2 Å². The fraction of sp³-hybridized carbons (Fsp3) is 0.565. The van der Waals surface area contributed by atoms with Gasteiger partial charge in [0.2, 0.25) is 11.9 Å². The molecule has 4 rings (SSSR count). The molecule has 2 saturated heterocycles. The maximum atomic E-state index is 12.8. The first-order valence-electron chi connectivity index (χ1n) is 11.0. The van der Waals surface area contributed by atoms with Gasteiger partial charge in [-0.1, -0.05) is 0 Å². The number of pyridine rings is 1. The van der Waals surface area contributed by atoms with Crippen LogP contribution < -0.4 is 5.32 Å². The smallest absolute Gasteiger partial charge is 0.236 e. The van der Waals surface area contributed by atoms with Gasteiger partial charge in [-0.05, 0) is 77.7 Å². The van der Waals surface area contributed by atoms with Crippen molar-refractivity contribution in [2.24, 2.45) is 0 Å². The Bertz CT molecular complexity index is 888. The van der Waals surface area contributed by atoms with E-state index in [1.54, 1.807) is 0 Å². The lowest BCUT2D eigenvalue weighted by atomic mass is 9.93. The first kappa shape index (κ1) is 20.7. The largest absolute Gasteiger partial charge is 0.341 e. The van der Waals surface area contributed by atoms with E-state index in [-0.39, 0.29) is 11.8 Å². The molecule has 160 valence electrons. The van der Waals surface area contributed by atoms with Crippen LogP contribution in [-0.4, -0.2) is 63.4 Å². The predicted molar refractivity (Wildman–Crippen MR) is 118 cm³/mol. The first-order valence-corrected chi connectivity index (χ1v) is 11.0. The third kappa shape index (κ3) is 5.14. The van der Waals surface area contributed by atoms with Crippen molar-refractivity contribution >= 4 is 17.5 Å². The summed E-state index contributed by atoms with van der Waals surface area (Å²) in [5.41, 5.74) is 4.83. The van der Waals surface area contributed by atoms with Crippen molar-refractivity contribution in [2.45, 2.75) is 52.4 Å². The average molecular weight is 409 g/mol. The van der Waals surface area contributed by atoms with E-state index in [1.807, 2.05) is 37.8 Å². The lowest BCUT2D eigenvalue weighted by molar-refractivity contribution is -0.133. The minimum absolute atomic E-state index is 0.260. The second-order valence-corrected chi connectivity index (χ2v) is 8.68. The monoisotopic (exact) mass is 408 g/mol. The molecule has 7 heteroatoms. The van der Waals surface area contributed by atoms with Crippen LogP contribution in [0.1, 0.15) is 54.4 Å². The zero-order chi connectivity index (χ0) is 21.1. The van der Waals surface area contributed by atoms with Crippen LogP contribution in [0, 0.1) is 20.8 Å². The van der Waals surface area contributed by atoms with Crippen molar-refractivity contribution in [1.82, 2.24) is 24.8 Å². The average Bonchev–Trinajstić information content (AvgIpc) is 3.20. The van der Waals surface area contributed by atoms with Gasteiger partial charge in [-0.2, -0.15) is 0 Å². The molecule has 30 heavy (non-hydrogen) atoms. The van der Waals surface area contributed by atoms with E-state index < -0.39 is 0 Å². The summed E-state index contributed by atoms with van der Waals surface area (Å²) < 4.78 is 0. The molecule has 0 spiro atoms. The molecule has 2 fully saturated rings. The Morgan fingerprint density at radius 1 is 0.967 bits per heavy atom. The molecule has 0 saturated carbocycles. The lowest BCUT2D eigenvalue weighted by Crippen LogP contribution is -2.44. The lowest BCUT2D eigenvalue weighted by Gasteiger charge is -2.33. The number of likely N-dealkylation sites (tertiary alicyclic amines) is 2. The number of carbonyl (C=O) groups is 1. The number of anilines is 2. The van der Waals surface area contributed by atoms with E-state index in [1.165, 1.54) is 12.8 Å². The number of nitrogens with zero attached hydrogens (tertiary/aromatic N) is 5. The highest BCUT2D eigenvalue weighted by molar-refractivity contribution is 5.78. The van der Waals surface area contributed by atoms with Crippen molar-refractivity contribution in [3.8, 4) is 0 Å². The number of piperidine rings is 1. The Morgan fingerprint density at radius 3 is 2.40 bits per heavy atom. The fourth-order valence-corrected chi connectivity index (χ4v) is 4.56. The van der Waals surface area contributed by atoms with Crippen LogP contribution in [0.3, 0.4) is 0 Å². The van der Waals surface area contributed by atoms with E-state index in [4.69, 9.17) is 4.98 Å². The highest BCUT2D eigenvalue weighted by Crippen LogP contribution is 2.28. The maximum Gasteiger partial charge on any atom is 0.236 e. The van der Waals surface area contributed by atoms with Gasteiger partial charge in [-0.15, -0.1) is 0 Å². The highest BCUT2D eigenvalue weighted by Gasteiger charge is 2.27. The topological polar surface area (TPSA) is 74.2 Å². The summed E-state index contributed by atoms with van der Waals surface area (Å²) in [6.45, 7) is 10.2. The van der Waals surface area contributed by atoms with Crippen LogP contribution >= 0.6 is 0 Å². The van der Waals surface area contributed by atoms with Gasteiger partial charge in [-0.25, -0.2) is 9.97 Å². The Labute approximate surface area is 178 Å². The number of hydrogen-bond acceptors (Lipinski definition) is 6.